The van der Waals surface area contributed by atoms with Gasteiger partial charge in [-0.3, -0.25) is 9.59 Å². The molecule has 402 valence electrons. The second kappa shape index (κ2) is 52.0. The van der Waals surface area contributed by atoms with E-state index < -0.39 is 30.3 Å². The summed E-state index contributed by atoms with van der Waals surface area (Å²) in [6, 6.07) is 0. The third kappa shape index (κ3) is 53.3. The van der Waals surface area contributed by atoms with Crippen molar-refractivity contribution >= 4 is 17.9 Å². The van der Waals surface area contributed by atoms with E-state index >= 15 is 0 Å². The van der Waals surface area contributed by atoms with E-state index in [1.54, 1.807) is 0 Å². The zero-order valence-corrected chi connectivity index (χ0v) is 45.5. The molecule has 2 atom stereocenters. The average Bonchev–Trinajstić information content (AvgIpc) is 3.34. The Hall–Kier alpha value is -4.31. The van der Waals surface area contributed by atoms with Gasteiger partial charge in [0.05, 0.1) is 40.3 Å². The molecule has 0 heterocycles. The zero-order chi connectivity index (χ0) is 52.0. The summed E-state index contributed by atoms with van der Waals surface area (Å²) < 4.78 is 22.6. The molecular weight excluding hydrogens is 887 g/mol. The molecule has 71 heavy (non-hydrogen) atoms. The first-order chi connectivity index (χ1) is 34.6. The topological polar surface area (TPSA) is 111 Å². The normalized spacial score (nSPS) is 13.8. The maximum Gasteiger partial charge on any atom is 0.306 e. The van der Waals surface area contributed by atoms with Gasteiger partial charge in [0.25, 0.3) is 0 Å². The lowest BCUT2D eigenvalue weighted by Crippen LogP contribution is -2.44. The number of aliphatic carboxylic acids is 1. The van der Waals surface area contributed by atoms with Crippen LogP contribution in [0.3, 0.4) is 0 Å². The minimum atomic E-state index is -1.64. The van der Waals surface area contributed by atoms with Crippen LogP contribution in [0.2, 0.25) is 0 Å². The molecule has 0 radical (unpaired) electrons. The maximum atomic E-state index is 12.9. The zero-order valence-electron chi connectivity index (χ0n) is 45.5. The van der Waals surface area contributed by atoms with Gasteiger partial charge in [-0.25, -0.2) is 0 Å². The molecule has 0 aliphatic heterocycles. The number of nitrogens with zero attached hydrogens (tertiary/aromatic N) is 1. The van der Waals surface area contributed by atoms with Crippen LogP contribution < -0.4 is 5.11 Å². The molecule has 0 N–H and O–H groups in total. The molecule has 0 rings (SSSR count). The number of hydrogen-bond donors (Lipinski definition) is 0. The van der Waals surface area contributed by atoms with Crippen LogP contribution in [0.25, 0.3) is 0 Å². The van der Waals surface area contributed by atoms with Crippen molar-refractivity contribution in [1.29, 1.82) is 0 Å². The van der Waals surface area contributed by atoms with Gasteiger partial charge >= 0.3 is 11.9 Å². The molecule has 0 bridgehead atoms. The van der Waals surface area contributed by atoms with Gasteiger partial charge in [0.15, 0.2) is 12.4 Å². The van der Waals surface area contributed by atoms with Crippen molar-refractivity contribution in [2.45, 2.75) is 206 Å². The quantitative estimate of drug-likeness (QED) is 0.0195. The van der Waals surface area contributed by atoms with E-state index in [1.165, 1.54) is 44.9 Å². The smallest absolute Gasteiger partial charge is 0.306 e. The molecule has 0 aliphatic carbocycles. The second-order valence-corrected chi connectivity index (χ2v) is 19.1. The number of quaternary nitrogens is 1. The Morgan fingerprint density at radius 2 is 0.761 bits per heavy atom. The monoisotopic (exact) mass is 988 g/mol. The van der Waals surface area contributed by atoms with Crippen molar-refractivity contribution in [3.8, 4) is 0 Å². The number of carbonyl (C=O) groups excluding carboxylic acids is 3. The molecule has 0 saturated heterocycles. The summed E-state index contributed by atoms with van der Waals surface area (Å²) in [7, 11) is 5.90. The third-order valence-corrected chi connectivity index (χ3v) is 11.2. The van der Waals surface area contributed by atoms with Gasteiger partial charge in [0, 0.05) is 12.8 Å². The van der Waals surface area contributed by atoms with Gasteiger partial charge < -0.3 is 33.3 Å². The predicted molar refractivity (Wildman–Crippen MR) is 296 cm³/mol. The number of likely N-dealkylation sites (N-methyl/N-ethyl adjacent to an activating group) is 1. The largest absolute Gasteiger partial charge is 0.545 e. The van der Waals surface area contributed by atoms with Crippen LogP contribution >= 0.6 is 0 Å². The van der Waals surface area contributed by atoms with E-state index in [4.69, 9.17) is 18.9 Å². The predicted octanol–water partition coefficient (Wildman–Crippen LogP) is 14.8. The van der Waals surface area contributed by atoms with Crippen LogP contribution in [0.15, 0.2) is 122 Å². The highest BCUT2D eigenvalue weighted by molar-refractivity contribution is 5.70. The molecule has 0 aliphatic rings. The first kappa shape index (κ1) is 66.7. The van der Waals surface area contributed by atoms with Crippen molar-refractivity contribution in [3.63, 3.8) is 0 Å². The highest BCUT2D eigenvalue weighted by Crippen LogP contribution is 2.14. The first-order valence-corrected chi connectivity index (χ1v) is 27.7. The Labute approximate surface area is 434 Å². The number of ether oxygens (including phenoxy) is 4. The molecule has 0 spiro atoms. The minimum absolute atomic E-state index is 0.135. The van der Waals surface area contributed by atoms with Crippen molar-refractivity contribution in [2.24, 2.45) is 0 Å². The summed E-state index contributed by atoms with van der Waals surface area (Å²) >= 11 is 0. The maximum absolute atomic E-state index is 12.9. The lowest BCUT2D eigenvalue weighted by molar-refractivity contribution is -0.870. The lowest BCUT2D eigenvalue weighted by Gasteiger charge is -2.26. The molecule has 9 nitrogen and oxygen atoms in total. The van der Waals surface area contributed by atoms with Gasteiger partial charge in [-0.1, -0.05) is 200 Å². The van der Waals surface area contributed by atoms with Crippen LogP contribution in [0.5, 0.6) is 0 Å². The van der Waals surface area contributed by atoms with Crippen LogP contribution in [-0.2, 0) is 33.3 Å². The number of hydrogen-bond acceptors (Lipinski definition) is 8. The fourth-order valence-electron chi connectivity index (χ4n) is 7.00. The molecule has 0 aromatic heterocycles. The Kier molecular flexibility index (Phi) is 48.9. The standard InChI is InChI=1S/C62H101NO8/c1-6-8-10-12-14-16-18-20-22-24-26-27-28-29-30-31-32-33-35-37-39-41-43-45-47-49-51-53-60(65)71-58(57-70-62(61(66)67)68-55-54-63(3,4)5)56-69-59(64)52-50-48-46-44-42-40-38-36-34-25-23-21-19-17-15-13-11-9-7-2/h8-11,14-17,20-23,26-27,29-30,34,36,40,42,58,62H,6-7,12-13,18-19,24-25,28,31-33,35,37-39,41,43-57H2,1-5H3/b10-8-,11-9-,16-14-,17-15-,22-20-,23-21-,27-26-,30-29-,36-34-,42-40-. The van der Waals surface area contributed by atoms with E-state index in [-0.39, 0.29) is 32.7 Å². The van der Waals surface area contributed by atoms with Crippen molar-refractivity contribution < 1.29 is 42.9 Å². The van der Waals surface area contributed by atoms with Crippen molar-refractivity contribution in [2.75, 3.05) is 47.5 Å². The van der Waals surface area contributed by atoms with E-state index in [9.17, 15) is 19.5 Å². The number of carboxylic acid groups (broad SMARTS) is 1. The highest BCUT2D eigenvalue weighted by atomic mass is 16.7. The van der Waals surface area contributed by atoms with Crippen LogP contribution in [-0.4, -0.2) is 82.3 Å². The van der Waals surface area contributed by atoms with Gasteiger partial charge in [-0.05, 0) is 103 Å². The number of carbonyl (C=O) groups is 3. The van der Waals surface area contributed by atoms with Crippen LogP contribution in [0, 0.1) is 0 Å². The molecule has 0 aromatic rings. The lowest BCUT2D eigenvalue weighted by atomic mass is 10.0. The molecule has 2 unspecified atom stereocenters. The molecule has 0 saturated carbocycles. The Morgan fingerprint density at radius 3 is 1.14 bits per heavy atom. The second-order valence-electron chi connectivity index (χ2n) is 19.1. The SMILES string of the molecule is CC/C=C\C/C=C\C/C=C\C/C=C\C/C=C\CCCCCCCCCCCCCC(=O)OC(COC(=O)CCCCC/C=C\C/C=C\C/C=C\C/C=C\C/C=C\CC)COC(OCC[N+](C)(C)C)C(=O)[O-]. The third-order valence-electron chi connectivity index (χ3n) is 11.2. The summed E-state index contributed by atoms with van der Waals surface area (Å²) in [5.74, 6) is -2.35. The number of unbranched alkanes of at least 4 members (excludes halogenated alkanes) is 14. The summed E-state index contributed by atoms with van der Waals surface area (Å²) in [4.78, 5) is 37.2. The van der Waals surface area contributed by atoms with Crippen molar-refractivity contribution in [1.82, 2.24) is 0 Å². The Balaban J connectivity index is 4.34. The fourth-order valence-corrected chi connectivity index (χ4v) is 7.00. The summed E-state index contributed by atoms with van der Waals surface area (Å²) in [6.45, 7) is 4.46. The number of carboxylic acids is 1. The van der Waals surface area contributed by atoms with E-state index in [0.29, 0.717) is 23.9 Å². The fraction of sp³-hybridized carbons (Fsp3) is 0.629. The van der Waals surface area contributed by atoms with Gasteiger partial charge in [0.1, 0.15) is 13.2 Å². The Morgan fingerprint density at radius 1 is 0.423 bits per heavy atom. The number of esters is 2. The summed E-state index contributed by atoms with van der Waals surface area (Å²) in [6.07, 6.45) is 69.5. The molecular formula is C62H101NO8. The molecule has 0 fully saturated rings. The van der Waals surface area contributed by atoms with Crippen LogP contribution in [0.4, 0.5) is 0 Å². The van der Waals surface area contributed by atoms with Gasteiger partial charge in [-0.15, -0.1) is 0 Å². The average molecular weight is 988 g/mol. The Bertz CT molecular complexity index is 1570. The van der Waals surface area contributed by atoms with E-state index in [0.717, 1.165) is 109 Å². The molecule has 0 amide bonds. The van der Waals surface area contributed by atoms with Crippen molar-refractivity contribution in [3.05, 3.63) is 122 Å². The van der Waals surface area contributed by atoms with Crippen LogP contribution in [0.1, 0.15) is 194 Å². The summed E-state index contributed by atoms with van der Waals surface area (Å²) in [5.41, 5.74) is 0. The molecule has 9 heteroatoms. The van der Waals surface area contributed by atoms with Gasteiger partial charge in [0.2, 0.25) is 0 Å². The number of rotatable bonds is 49. The van der Waals surface area contributed by atoms with Gasteiger partial charge in [-0.2, -0.15) is 0 Å². The van der Waals surface area contributed by atoms with E-state index in [2.05, 4.69) is 135 Å². The summed E-state index contributed by atoms with van der Waals surface area (Å²) in [5, 5.41) is 11.8. The first-order valence-electron chi connectivity index (χ1n) is 27.7. The number of allylic oxidation sites excluding steroid dienone is 20. The van der Waals surface area contributed by atoms with E-state index in [1.807, 2.05) is 21.1 Å². The minimum Gasteiger partial charge on any atom is -0.545 e. The molecule has 0 aromatic carbocycles. The highest BCUT2D eigenvalue weighted by Gasteiger charge is 2.22.